The van der Waals surface area contributed by atoms with Crippen molar-refractivity contribution in [3.05, 3.63) is 65.1 Å². The van der Waals surface area contributed by atoms with Crippen molar-refractivity contribution < 1.29 is 14.0 Å². The fourth-order valence-corrected chi connectivity index (χ4v) is 1.50. The highest BCUT2D eigenvalue weighted by Gasteiger charge is 2.07. The third kappa shape index (κ3) is 4.00. The van der Waals surface area contributed by atoms with E-state index in [1.807, 2.05) is 0 Å². The number of hydrogen-bond donors (Lipinski definition) is 2. The number of nitrogens with one attached hydrogen (secondary N) is 2. The van der Waals surface area contributed by atoms with Gasteiger partial charge in [0.2, 0.25) is 0 Å². The summed E-state index contributed by atoms with van der Waals surface area (Å²) in [4.78, 5) is 23.0. The number of benzene rings is 1. The molecule has 20 heavy (non-hydrogen) atoms. The Kier molecular flexibility index (Phi) is 4.57. The minimum absolute atomic E-state index is 0.118. The van der Waals surface area contributed by atoms with Crippen molar-refractivity contribution in [3.63, 3.8) is 0 Å². The molecule has 2 rings (SSSR count). The van der Waals surface area contributed by atoms with Crippen LogP contribution in [0.4, 0.5) is 0 Å². The van der Waals surface area contributed by atoms with Gasteiger partial charge in [0.1, 0.15) is 0 Å². The van der Waals surface area contributed by atoms with Gasteiger partial charge in [-0.3, -0.25) is 20.4 Å². The predicted octanol–water partition coefficient (Wildman–Crippen LogP) is 2.41. The number of halogens is 1. The zero-order valence-corrected chi connectivity index (χ0v) is 11.1. The number of carbonyl (C=O) groups excluding carboxylic acids is 2. The number of hydrogen-bond acceptors (Lipinski definition) is 3. The van der Waals surface area contributed by atoms with E-state index < -0.39 is 11.8 Å². The maximum absolute atomic E-state index is 11.5. The van der Waals surface area contributed by atoms with Crippen molar-refractivity contribution in [2.24, 2.45) is 0 Å². The van der Waals surface area contributed by atoms with Gasteiger partial charge in [-0.05, 0) is 35.9 Å². The van der Waals surface area contributed by atoms with Crippen molar-refractivity contribution >= 4 is 29.5 Å². The SMILES string of the molecule is O=C(C=Cc1ccc(Cl)cc1)NNC(=O)c1ccco1. The summed E-state index contributed by atoms with van der Waals surface area (Å²) >= 11 is 5.75. The minimum atomic E-state index is -0.525. The summed E-state index contributed by atoms with van der Waals surface area (Å²) in [6.45, 7) is 0. The lowest BCUT2D eigenvalue weighted by Gasteiger charge is -2.02. The fraction of sp³-hybridized carbons (Fsp3) is 0. The first-order valence-electron chi connectivity index (χ1n) is 5.72. The molecule has 1 aromatic carbocycles. The molecule has 0 spiro atoms. The molecule has 1 aromatic heterocycles. The van der Waals surface area contributed by atoms with Crippen LogP contribution in [0.2, 0.25) is 5.02 Å². The largest absolute Gasteiger partial charge is 0.459 e. The molecule has 0 aliphatic heterocycles. The minimum Gasteiger partial charge on any atom is -0.459 e. The predicted molar refractivity (Wildman–Crippen MR) is 74.8 cm³/mol. The van der Waals surface area contributed by atoms with Gasteiger partial charge in [-0.1, -0.05) is 23.7 Å². The van der Waals surface area contributed by atoms with Crippen molar-refractivity contribution in [2.75, 3.05) is 0 Å². The molecule has 0 saturated heterocycles. The fourth-order valence-electron chi connectivity index (χ4n) is 1.38. The Labute approximate surface area is 120 Å². The molecule has 2 N–H and O–H groups in total. The van der Waals surface area contributed by atoms with Crippen molar-refractivity contribution in [1.29, 1.82) is 0 Å². The lowest BCUT2D eigenvalue weighted by Crippen LogP contribution is -2.40. The zero-order chi connectivity index (χ0) is 14.4. The Balaban J connectivity index is 1.83. The zero-order valence-electron chi connectivity index (χ0n) is 10.3. The van der Waals surface area contributed by atoms with Crippen LogP contribution < -0.4 is 10.9 Å². The molecule has 0 bridgehead atoms. The summed E-state index contributed by atoms with van der Waals surface area (Å²) in [5.41, 5.74) is 5.29. The number of hydrazine groups is 1. The van der Waals surface area contributed by atoms with E-state index in [2.05, 4.69) is 10.9 Å². The normalized spacial score (nSPS) is 10.4. The summed E-state index contributed by atoms with van der Waals surface area (Å²) in [6, 6.07) is 10.1. The molecule has 6 heteroatoms. The van der Waals surface area contributed by atoms with Crippen molar-refractivity contribution in [1.82, 2.24) is 10.9 Å². The second-order valence-electron chi connectivity index (χ2n) is 3.81. The molecule has 0 aliphatic carbocycles. The van der Waals surface area contributed by atoms with Crippen LogP contribution in [0.1, 0.15) is 16.1 Å². The van der Waals surface area contributed by atoms with Crippen LogP contribution in [0.5, 0.6) is 0 Å². The van der Waals surface area contributed by atoms with E-state index in [1.54, 1.807) is 36.4 Å². The van der Waals surface area contributed by atoms with Crippen LogP contribution in [-0.2, 0) is 4.79 Å². The van der Waals surface area contributed by atoms with Crippen molar-refractivity contribution in [2.45, 2.75) is 0 Å². The van der Waals surface area contributed by atoms with E-state index in [4.69, 9.17) is 16.0 Å². The van der Waals surface area contributed by atoms with Gasteiger partial charge in [0.05, 0.1) is 6.26 Å². The van der Waals surface area contributed by atoms with Gasteiger partial charge in [-0.15, -0.1) is 0 Å². The topological polar surface area (TPSA) is 71.3 Å². The van der Waals surface area contributed by atoms with Gasteiger partial charge < -0.3 is 4.42 Å². The summed E-state index contributed by atoms with van der Waals surface area (Å²) in [5.74, 6) is -0.866. The Bertz CT molecular complexity index is 618. The van der Waals surface area contributed by atoms with Crippen LogP contribution >= 0.6 is 11.6 Å². The molecule has 5 nitrogen and oxygen atoms in total. The molecule has 0 radical (unpaired) electrons. The smallest absolute Gasteiger partial charge is 0.305 e. The Hall–Kier alpha value is -2.53. The number of amides is 2. The third-order valence-corrected chi connectivity index (χ3v) is 2.59. The summed E-state index contributed by atoms with van der Waals surface area (Å²) in [5, 5.41) is 0.623. The molecular formula is C14H11ClN2O3. The first-order valence-corrected chi connectivity index (χ1v) is 6.10. The Morgan fingerprint density at radius 1 is 1.10 bits per heavy atom. The molecule has 0 aliphatic rings. The van der Waals surface area contributed by atoms with E-state index in [9.17, 15) is 9.59 Å². The van der Waals surface area contributed by atoms with E-state index in [0.717, 1.165) is 5.56 Å². The van der Waals surface area contributed by atoms with E-state index in [0.29, 0.717) is 5.02 Å². The van der Waals surface area contributed by atoms with Crippen LogP contribution in [0.3, 0.4) is 0 Å². The molecule has 1 heterocycles. The molecule has 102 valence electrons. The van der Waals surface area contributed by atoms with Gasteiger partial charge in [-0.2, -0.15) is 0 Å². The highest BCUT2D eigenvalue weighted by molar-refractivity contribution is 6.30. The second kappa shape index (κ2) is 6.58. The Morgan fingerprint density at radius 3 is 2.50 bits per heavy atom. The van der Waals surface area contributed by atoms with Gasteiger partial charge in [0, 0.05) is 11.1 Å². The number of carbonyl (C=O) groups is 2. The molecular weight excluding hydrogens is 280 g/mol. The lowest BCUT2D eigenvalue weighted by atomic mass is 10.2. The standard InChI is InChI=1S/C14H11ClN2O3/c15-11-6-3-10(4-7-11)5-8-13(18)16-17-14(19)12-2-1-9-20-12/h1-9H,(H,16,18)(H,17,19). The molecule has 2 aromatic rings. The van der Waals surface area contributed by atoms with Gasteiger partial charge in [0.15, 0.2) is 5.76 Å². The quantitative estimate of drug-likeness (QED) is 0.673. The highest BCUT2D eigenvalue weighted by atomic mass is 35.5. The number of rotatable bonds is 3. The van der Waals surface area contributed by atoms with E-state index in [-0.39, 0.29) is 5.76 Å². The molecule has 0 atom stereocenters. The highest BCUT2D eigenvalue weighted by Crippen LogP contribution is 2.10. The molecule has 0 saturated carbocycles. The number of furan rings is 1. The first kappa shape index (κ1) is 13.9. The van der Waals surface area contributed by atoms with E-state index >= 15 is 0 Å². The maximum Gasteiger partial charge on any atom is 0.305 e. The van der Waals surface area contributed by atoms with Gasteiger partial charge >= 0.3 is 5.91 Å². The molecule has 2 amide bonds. The monoisotopic (exact) mass is 290 g/mol. The third-order valence-electron chi connectivity index (χ3n) is 2.34. The summed E-state index contributed by atoms with van der Waals surface area (Å²) in [6.07, 6.45) is 4.27. The van der Waals surface area contributed by atoms with Crippen LogP contribution in [0.15, 0.2) is 53.2 Å². The average molecular weight is 291 g/mol. The lowest BCUT2D eigenvalue weighted by molar-refractivity contribution is -0.117. The van der Waals surface area contributed by atoms with Crippen LogP contribution in [0.25, 0.3) is 6.08 Å². The first-order chi connectivity index (χ1) is 9.65. The van der Waals surface area contributed by atoms with Crippen LogP contribution in [0, 0.1) is 0 Å². The van der Waals surface area contributed by atoms with E-state index in [1.165, 1.54) is 18.4 Å². The Morgan fingerprint density at radius 2 is 1.85 bits per heavy atom. The van der Waals surface area contributed by atoms with Crippen molar-refractivity contribution in [3.8, 4) is 0 Å². The average Bonchev–Trinajstić information content (AvgIpc) is 2.98. The maximum atomic E-state index is 11.5. The van der Waals surface area contributed by atoms with Gasteiger partial charge in [0.25, 0.3) is 5.91 Å². The van der Waals surface area contributed by atoms with Crippen LogP contribution in [-0.4, -0.2) is 11.8 Å². The van der Waals surface area contributed by atoms with Gasteiger partial charge in [-0.25, -0.2) is 0 Å². The summed E-state index contributed by atoms with van der Waals surface area (Å²) in [7, 11) is 0. The molecule has 0 unspecified atom stereocenters. The second-order valence-corrected chi connectivity index (χ2v) is 4.24. The summed E-state index contributed by atoms with van der Waals surface area (Å²) < 4.78 is 4.87. The molecule has 0 fully saturated rings.